The molecule has 1 aliphatic rings. The summed E-state index contributed by atoms with van der Waals surface area (Å²) in [7, 11) is -3.15. The summed E-state index contributed by atoms with van der Waals surface area (Å²) in [4.78, 5) is 0. The van der Waals surface area contributed by atoms with Crippen LogP contribution in [-0.2, 0) is 23.1 Å². The predicted molar refractivity (Wildman–Crippen MR) is 50.7 cm³/mol. The molecule has 0 unspecified atom stereocenters. The molecule has 5 nitrogen and oxygen atoms in total. The Balaban J connectivity index is 2.24. The lowest BCUT2D eigenvalue weighted by Crippen LogP contribution is -2.32. The Morgan fingerprint density at radius 2 is 2.21 bits per heavy atom. The van der Waals surface area contributed by atoms with Gasteiger partial charge in [0, 0.05) is 12.1 Å². The summed E-state index contributed by atoms with van der Waals surface area (Å²) in [5.74, 6) is 0. The van der Waals surface area contributed by atoms with E-state index in [4.69, 9.17) is 0 Å². The molecule has 1 N–H and O–H groups in total. The third-order valence-corrected chi connectivity index (χ3v) is 4.54. The molecule has 0 amide bonds. The van der Waals surface area contributed by atoms with E-state index in [-0.39, 0.29) is 5.25 Å². The number of sulfonamides is 1. The van der Waals surface area contributed by atoms with E-state index in [2.05, 4.69) is 16.4 Å². The third-order valence-electron chi connectivity index (χ3n) is 2.37. The smallest absolute Gasteiger partial charge is 0.217 e. The van der Waals surface area contributed by atoms with Crippen LogP contribution in [0.4, 0.5) is 0 Å². The number of rotatable bonds is 2. The van der Waals surface area contributed by atoms with E-state index in [0.29, 0.717) is 13.1 Å². The number of H-pyrrole nitrogens is 1. The molecule has 1 aliphatic heterocycles. The van der Waals surface area contributed by atoms with Crippen molar-refractivity contribution >= 4 is 10.0 Å². The minimum atomic E-state index is -3.15. The summed E-state index contributed by atoms with van der Waals surface area (Å²) in [6.45, 7) is 4.16. The predicted octanol–water partition coefficient (Wildman–Crippen LogP) is 0.264. The Hall–Kier alpha value is -0.880. The minimum absolute atomic E-state index is 0.375. The van der Waals surface area contributed by atoms with E-state index in [1.54, 1.807) is 13.8 Å². The lowest BCUT2D eigenvalue weighted by atomic mass is 10.3. The van der Waals surface area contributed by atoms with Gasteiger partial charge in [0.1, 0.15) is 6.20 Å². The summed E-state index contributed by atoms with van der Waals surface area (Å²) >= 11 is 0. The zero-order valence-electron chi connectivity index (χ0n) is 8.11. The highest BCUT2D eigenvalue weighted by molar-refractivity contribution is 7.89. The maximum atomic E-state index is 11.8. The second-order valence-corrected chi connectivity index (χ2v) is 6.14. The van der Waals surface area contributed by atoms with Crippen molar-refractivity contribution < 1.29 is 8.42 Å². The van der Waals surface area contributed by atoms with Gasteiger partial charge in [0.2, 0.25) is 10.0 Å². The molecular weight excluding hydrogens is 202 g/mol. The molecule has 0 atom stereocenters. The van der Waals surface area contributed by atoms with E-state index in [9.17, 15) is 8.42 Å². The fourth-order valence-electron chi connectivity index (χ4n) is 1.45. The van der Waals surface area contributed by atoms with E-state index in [0.717, 1.165) is 11.3 Å². The van der Waals surface area contributed by atoms with Crippen LogP contribution in [0.2, 0.25) is 0 Å². The van der Waals surface area contributed by atoms with Crippen molar-refractivity contribution in [3.05, 3.63) is 17.5 Å². The van der Waals surface area contributed by atoms with Crippen molar-refractivity contribution in [1.82, 2.24) is 14.5 Å². The van der Waals surface area contributed by atoms with Crippen molar-refractivity contribution in [3.8, 4) is 0 Å². The quantitative estimate of drug-likeness (QED) is 0.768. The fourth-order valence-corrected chi connectivity index (χ4v) is 2.66. The van der Waals surface area contributed by atoms with Crippen LogP contribution in [0.1, 0.15) is 25.1 Å². The molecule has 1 radical (unpaired) electrons. The maximum Gasteiger partial charge on any atom is 0.217 e. The molecule has 0 aliphatic carbocycles. The van der Waals surface area contributed by atoms with E-state index >= 15 is 0 Å². The number of aromatic nitrogens is 2. The van der Waals surface area contributed by atoms with Crippen LogP contribution in [0, 0.1) is 6.20 Å². The summed E-state index contributed by atoms with van der Waals surface area (Å²) in [5.41, 5.74) is 1.71. The molecule has 0 saturated carbocycles. The first kappa shape index (κ1) is 9.67. The Morgan fingerprint density at radius 3 is 2.79 bits per heavy atom. The van der Waals surface area contributed by atoms with E-state index in [1.165, 1.54) is 4.31 Å². The van der Waals surface area contributed by atoms with Gasteiger partial charge in [-0.2, -0.15) is 9.40 Å². The number of aromatic amines is 1. The number of fused-ring (bicyclic) bond motifs is 1. The summed E-state index contributed by atoms with van der Waals surface area (Å²) in [6.07, 6.45) is 2.75. The van der Waals surface area contributed by atoms with Crippen LogP contribution in [0.15, 0.2) is 0 Å². The molecule has 77 valence electrons. The van der Waals surface area contributed by atoms with Gasteiger partial charge in [-0.15, -0.1) is 0 Å². The Labute approximate surface area is 83.2 Å². The topological polar surface area (TPSA) is 66.1 Å². The number of nitrogens with zero attached hydrogens (tertiary/aromatic N) is 2. The normalized spacial score (nSPS) is 17.6. The molecule has 0 bridgehead atoms. The van der Waals surface area contributed by atoms with Crippen molar-refractivity contribution in [2.24, 2.45) is 0 Å². The minimum Gasteiger partial charge on any atom is -0.280 e. The summed E-state index contributed by atoms with van der Waals surface area (Å²) in [5, 5.41) is 6.11. The number of hydrogen-bond donors (Lipinski definition) is 1. The molecule has 1 aromatic heterocycles. The number of hydrogen-bond acceptors (Lipinski definition) is 3. The molecule has 0 aromatic carbocycles. The van der Waals surface area contributed by atoms with Crippen molar-refractivity contribution in [2.45, 2.75) is 32.2 Å². The van der Waals surface area contributed by atoms with Gasteiger partial charge in [-0.3, -0.25) is 5.10 Å². The van der Waals surface area contributed by atoms with Crippen molar-refractivity contribution in [2.75, 3.05) is 0 Å². The van der Waals surface area contributed by atoms with Gasteiger partial charge in [0.15, 0.2) is 0 Å². The van der Waals surface area contributed by atoms with Crippen molar-refractivity contribution in [3.63, 3.8) is 0 Å². The molecule has 2 heterocycles. The van der Waals surface area contributed by atoms with Crippen LogP contribution < -0.4 is 0 Å². The highest BCUT2D eigenvalue weighted by Crippen LogP contribution is 2.24. The lowest BCUT2D eigenvalue weighted by Gasteiger charge is -2.17. The molecule has 0 fully saturated rings. The van der Waals surface area contributed by atoms with Gasteiger partial charge in [-0.1, -0.05) is 0 Å². The third kappa shape index (κ3) is 1.34. The molecule has 6 heteroatoms. The lowest BCUT2D eigenvalue weighted by molar-refractivity contribution is 0.421. The zero-order valence-corrected chi connectivity index (χ0v) is 8.93. The van der Waals surface area contributed by atoms with Crippen LogP contribution in [0.25, 0.3) is 0 Å². The Kier molecular flexibility index (Phi) is 2.11. The molecule has 2 rings (SSSR count). The van der Waals surface area contributed by atoms with Gasteiger partial charge in [-0.05, 0) is 13.8 Å². The molecule has 0 saturated heterocycles. The Bertz CT molecular complexity index is 415. The standard InChI is InChI=1S/C8H12N3O2S/c1-6(2)14(12,13)11-4-7-3-9-10-8(7)5-11/h6H,4-5H2,1-2H3,(H,9,10). The molecule has 0 spiro atoms. The zero-order chi connectivity index (χ0) is 10.3. The average Bonchev–Trinajstić information content (AvgIpc) is 2.60. The second kappa shape index (κ2) is 3.06. The number of nitrogens with one attached hydrogen (secondary N) is 1. The first-order valence-electron chi connectivity index (χ1n) is 4.44. The van der Waals surface area contributed by atoms with Crippen LogP contribution in [0.5, 0.6) is 0 Å². The highest BCUT2D eigenvalue weighted by atomic mass is 32.2. The summed E-state index contributed by atoms with van der Waals surface area (Å²) < 4.78 is 25.0. The van der Waals surface area contributed by atoms with Crippen LogP contribution in [-0.4, -0.2) is 28.2 Å². The fraction of sp³-hybridized carbons (Fsp3) is 0.625. The first-order chi connectivity index (χ1) is 6.51. The van der Waals surface area contributed by atoms with Gasteiger partial charge >= 0.3 is 0 Å². The highest BCUT2D eigenvalue weighted by Gasteiger charge is 2.32. The van der Waals surface area contributed by atoms with Gasteiger partial charge in [0.25, 0.3) is 0 Å². The maximum absolute atomic E-state index is 11.8. The largest absolute Gasteiger partial charge is 0.280 e. The van der Waals surface area contributed by atoms with Crippen LogP contribution >= 0.6 is 0 Å². The summed E-state index contributed by atoms with van der Waals surface area (Å²) in [6, 6.07) is 0. The average molecular weight is 214 g/mol. The molecular formula is C8H12N3O2S. The molecule has 1 aromatic rings. The molecule has 14 heavy (non-hydrogen) atoms. The Morgan fingerprint density at radius 1 is 1.50 bits per heavy atom. The first-order valence-corrected chi connectivity index (χ1v) is 5.95. The van der Waals surface area contributed by atoms with E-state index < -0.39 is 10.0 Å². The monoisotopic (exact) mass is 214 g/mol. The van der Waals surface area contributed by atoms with Gasteiger partial charge < -0.3 is 0 Å². The second-order valence-electron chi connectivity index (χ2n) is 3.65. The van der Waals surface area contributed by atoms with E-state index in [1.807, 2.05) is 0 Å². The van der Waals surface area contributed by atoms with Crippen LogP contribution in [0.3, 0.4) is 0 Å². The van der Waals surface area contributed by atoms with Gasteiger partial charge in [-0.25, -0.2) is 8.42 Å². The van der Waals surface area contributed by atoms with Crippen molar-refractivity contribution in [1.29, 1.82) is 0 Å². The SMILES string of the molecule is CC(C)S(=O)(=O)N1Cc2[c]n[nH]c2C1. The van der Waals surface area contributed by atoms with Gasteiger partial charge in [0.05, 0.1) is 17.5 Å².